The van der Waals surface area contributed by atoms with Crippen LogP contribution in [-0.2, 0) is 22.6 Å². The van der Waals surface area contributed by atoms with Gasteiger partial charge in [0.25, 0.3) is 0 Å². The van der Waals surface area contributed by atoms with E-state index in [1.165, 1.54) is 24.8 Å². The van der Waals surface area contributed by atoms with Crippen LogP contribution in [0.1, 0.15) is 63.5 Å². The molecule has 19 heavy (non-hydrogen) atoms. The molecule has 0 aliphatic heterocycles. The van der Waals surface area contributed by atoms with Crippen LogP contribution in [0.25, 0.3) is 0 Å². The predicted octanol–water partition coefficient (Wildman–Crippen LogP) is 4.65. The standard InChI is InChI=1S/C17H26O2/c1-3-5-6-7-8-9-17(18)19-14-16-12-10-15(4-2)11-13-16/h10-13H,3-9,14H2,1-2H3. The monoisotopic (exact) mass is 262 g/mol. The molecule has 2 heteroatoms. The highest BCUT2D eigenvalue weighted by molar-refractivity contribution is 5.69. The molecule has 0 atom stereocenters. The number of benzene rings is 1. The van der Waals surface area contributed by atoms with Gasteiger partial charge in [-0.1, -0.05) is 63.8 Å². The van der Waals surface area contributed by atoms with Crippen LogP contribution >= 0.6 is 0 Å². The van der Waals surface area contributed by atoms with Crippen LogP contribution in [0.3, 0.4) is 0 Å². The Morgan fingerprint density at radius 2 is 1.58 bits per heavy atom. The van der Waals surface area contributed by atoms with E-state index in [2.05, 4.69) is 26.0 Å². The van der Waals surface area contributed by atoms with Gasteiger partial charge in [-0.05, 0) is 24.0 Å². The molecule has 0 saturated carbocycles. The Bertz CT molecular complexity index is 354. The van der Waals surface area contributed by atoms with Gasteiger partial charge in [0.1, 0.15) is 6.61 Å². The lowest BCUT2D eigenvalue weighted by molar-refractivity contribution is -0.145. The van der Waals surface area contributed by atoms with Crippen LogP contribution < -0.4 is 0 Å². The van der Waals surface area contributed by atoms with E-state index in [0.717, 1.165) is 24.8 Å². The van der Waals surface area contributed by atoms with Gasteiger partial charge in [-0.3, -0.25) is 4.79 Å². The van der Waals surface area contributed by atoms with Gasteiger partial charge in [-0.2, -0.15) is 0 Å². The zero-order valence-corrected chi connectivity index (χ0v) is 12.3. The van der Waals surface area contributed by atoms with Crippen molar-refractivity contribution in [1.29, 1.82) is 0 Å². The van der Waals surface area contributed by atoms with Crippen molar-refractivity contribution in [2.75, 3.05) is 0 Å². The molecule has 0 heterocycles. The first-order valence-corrected chi connectivity index (χ1v) is 7.49. The lowest BCUT2D eigenvalue weighted by Gasteiger charge is -2.05. The summed E-state index contributed by atoms with van der Waals surface area (Å²) in [5, 5.41) is 0. The summed E-state index contributed by atoms with van der Waals surface area (Å²) in [5.74, 6) is -0.0731. The zero-order valence-electron chi connectivity index (χ0n) is 12.3. The highest BCUT2D eigenvalue weighted by atomic mass is 16.5. The fourth-order valence-electron chi connectivity index (χ4n) is 1.98. The third-order valence-corrected chi connectivity index (χ3v) is 3.32. The van der Waals surface area contributed by atoms with E-state index in [4.69, 9.17) is 4.74 Å². The Kier molecular flexibility index (Phi) is 7.95. The van der Waals surface area contributed by atoms with Crippen LogP contribution in [0.15, 0.2) is 24.3 Å². The molecule has 0 aliphatic rings. The molecule has 1 aromatic rings. The van der Waals surface area contributed by atoms with E-state index in [1.807, 2.05) is 12.1 Å². The van der Waals surface area contributed by atoms with E-state index in [-0.39, 0.29) is 5.97 Å². The molecule has 0 saturated heterocycles. The summed E-state index contributed by atoms with van der Waals surface area (Å²) in [6.07, 6.45) is 7.40. The third kappa shape index (κ3) is 7.00. The second kappa shape index (κ2) is 9.60. The molecule has 1 aromatic carbocycles. The quantitative estimate of drug-likeness (QED) is 0.478. The average Bonchev–Trinajstić information content (AvgIpc) is 2.45. The minimum Gasteiger partial charge on any atom is -0.461 e. The Morgan fingerprint density at radius 1 is 0.947 bits per heavy atom. The van der Waals surface area contributed by atoms with Crippen LogP contribution in [0.2, 0.25) is 0 Å². The molecule has 0 N–H and O–H groups in total. The molecule has 2 nitrogen and oxygen atoms in total. The molecule has 0 unspecified atom stereocenters. The fraction of sp³-hybridized carbons (Fsp3) is 0.588. The first kappa shape index (κ1) is 15.7. The maximum Gasteiger partial charge on any atom is 0.306 e. The van der Waals surface area contributed by atoms with Gasteiger partial charge in [0.05, 0.1) is 0 Å². The smallest absolute Gasteiger partial charge is 0.306 e. The van der Waals surface area contributed by atoms with Crippen molar-refractivity contribution in [2.45, 2.75) is 65.4 Å². The topological polar surface area (TPSA) is 26.3 Å². The zero-order chi connectivity index (χ0) is 13.9. The number of carbonyl (C=O) groups excluding carboxylic acids is 1. The maximum absolute atomic E-state index is 11.5. The average molecular weight is 262 g/mol. The highest BCUT2D eigenvalue weighted by Gasteiger charge is 2.03. The number of esters is 1. The molecule has 0 spiro atoms. The summed E-state index contributed by atoms with van der Waals surface area (Å²) in [6.45, 7) is 4.73. The van der Waals surface area contributed by atoms with Crippen LogP contribution in [-0.4, -0.2) is 5.97 Å². The molecule has 0 bridgehead atoms. The van der Waals surface area contributed by atoms with Gasteiger partial charge in [-0.25, -0.2) is 0 Å². The Labute approximate surface area is 117 Å². The van der Waals surface area contributed by atoms with Gasteiger partial charge in [0.2, 0.25) is 0 Å². The van der Waals surface area contributed by atoms with E-state index >= 15 is 0 Å². The van der Waals surface area contributed by atoms with Crippen molar-refractivity contribution in [3.8, 4) is 0 Å². The summed E-state index contributed by atoms with van der Waals surface area (Å²) >= 11 is 0. The van der Waals surface area contributed by atoms with Gasteiger partial charge in [-0.15, -0.1) is 0 Å². The number of aryl methyl sites for hydroxylation is 1. The predicted molar refractivity (Wildman–Crippen MR) is 79.0 cm³/mol. The van der Waals surface area contributed by atoms with Crippen LogP contribution in [0, 0.1) is 0 Å². The number of ether oxygens (including phenoxy) is 1. The fourth-order valence-corrected chi connectivity index (χ4v) is 1.98. The van der Waals surface area contributed by atoms with Gasteiger partial charge in [0, 0.05) is 6.42 Å². The van der Waals surface area contributed by atoms with Crippen molar-refractivity contribution in [2.24, 2.45) is 0 Å². The largest absolute Gasteiger partial charge is 0.461 e. The minimum absolute atomic E-state index is 0.0731. The van der Waals surface area contributed by atoms with Gasteiger partial charge in [0.15, 0.2) is 0 Å². The van der Waals surface area contributed by atoms with Crippen LogP contribution in [0.5, 0.6) is 0 Å². The SMILES string of the molecule is CCCCCCCC(=O)OCc1ccc(CC)cc1. The molecular formula is C17H26O2. The second-order valence-electron chi connectivity index (χ2n) is 4.99. The van der Waals surface area contributed by atoms with E-state index in [9.17, 15) is 4.79 Å². The summed E-state index contributed by atoms with van der Waals surface area (Å²) < 4.78 is 5.27. The molecule has 0 amide bonds. The first-order chi connectivity index (χ1) is 9.26. The number of rotatable bonds is 9. The lowest BCUT2D eigenvalue weighted by atomic mass is 10.1. The molecule has 0 aliphatic carbocycles. The summed E-state index contributed by atoms with van der Waals surface area (Å²) in [5.41, 5.74) is 2.38. The van der Waals surface area contributed by atoms with Crippen LogP contribution in [0.4, 0.5) is 0 Å². The number of hydrogen-bond donors (Lipinski definition) is 0. The Morgan fingerprint density at radius 3 is 2.21 bits per heavy atom. The Hall–Kier alpha value is -1.31. The van der Waals surface area contributed by atoms with Crippen molar-refractivity contribution in [1.82, 2.24) is 0 Å². The lowest BCUT2D eigenvalue weighted by Crippen LogP contribution is -2.04. The number of hydrogen-bond acceptors (Lipinski definition) is 2. The normalized spacial score (nSPS) is 10.4. The van der Waals surface area contributed by atoms with E-state index < -0.39 is 0 Å². The molecule has 0 radical (unpaired) electrons. The Balaban J connectivity index is 2.15. The van der Waals surface area contributed by atoms with E-state index in [1.54, 1.807) is 0 Å². The third-order valence-electron chi connectivity index (χ3n) is 3.32. The number of unbranched alkanes of at least 4 members (excludes halogenated alkanes) is 4. The van der Waals surface area contributed by atoms with Crippen molar-refractivity contribution < 1.29 is 9.53 Å². The summed E-state index contributed by atoms with van der Waals surface area (Å²) in [4.78, 5) is 11.5. The first-order valence-electron chi connectivity index (χ1n) is 7.49. The minimum atomic E-state index is -0.0731. The van der Waals surface area contributed by atoms with Crippen molar-refractivity contribution >= 4 is 5.97 Å². The molecular weight excluding hydrogens is 236 g/mol. The second-order valence-corrected chi connectivity index (χ2v) is 4.99. The van der Waals surface area contributed by atoms with Crippen molar-refractivity contribution in [3.05, 3.63) is 35.4 Å². The molecule has 0 aromatic heterocycles. The summed E-state index contributed by atoms with van der Waals surface area (Å²) in [6, 6.07) is 8.25. The molecule has 1 rings (SSSR count). The molecule has 0 fully saturated rings. The van der Waals surface area contributed by atoms with Gasteiger partial charge >= 0.3 is 5.97 Å². The summed E-state index contributed by atoms with van der Waals surface area (Å²) in [7, 11) is 0. The van der Waals surface area contributed by atoms with E-state index in [0.29, 0.717) is 13.0 Å². The number of carbonyl (C=O) groups is 1. The van der Waals surface area contributed by atoms with Crippen molar-refractivity contribution in [3.63, 3.8) is 0 Å². The highest BCUT2D eigenvalue weighted by Crippen LogP contribution is 2.09. The molecule has 106 valence electrons. The van der Waals surface area contributed by atoms with Gasteiger partial charge < -0.3 is 4.74 Å². The maximum atomic E-state index is 11.5.